The lowest BCUT2D eigenvalue weighted by Crippen LogP contribution is -2.23. The second-order valence-electron chi connectivity index (χ2n) is 4.90. The minimum absolute atomic E-state index is 0.0188. The average Bonchev–Trinajstić information content (AvgIpc) is 2.93. The quantitative estimate of drug-likeness (QED) is 0.515. The van der Waals surface area contributed by atoms with Gasteiger partial charge in [-0.15, -0.1) is 11.3 Å². The number of hydrogen-bond acceptors (Lipinski definition) is 4. The molecule has 0 aliphatic rings. The Morgan fingerprint density at radius 1 is 1.36 bits per heavy atom. The number of thioether (sulfide) groups is 1. The Kier molecular flexibility index (Phi) is 4.57. The lowest BCUT2D eigenvalue weighted by atomic mass is 10.2. The summed E-state index contributed by atoms with van der Waals surface area (Å²) in [5.41, 5.74) is 1.02. The average molecular weight is 351 g/mol. The van der Waals surface area contributed by atoms with E-state index in [1.807, 2.05) is 36.6 Å². The van der Waals surface area contributed by atoms with Crippen molar-refractivity contribution in [3.63, 3.8) is 0 Å². The summed E-state index contributed by atoms with van der Waals surface area (Å²) < 4.78 is 1.73. The molecule has 3 rings (SSSR count). The third-order valence-electron chi connectivity index (χ3n) is 3.43. The van der Waals surface area contributed by atoms with Gasteiger partial charge in [-0.1, -0.05) is 42.4 Å². The zero-order chi connectivity index (χ0) is 15.7. The predicted molar refractivity (Wildman–Crippen MR) is 95.6 cm³/mol. The monoisotopic (exact) mass is 350 g/mol. The van der Waals surface area contributed by atoms with Crippen molar-refractivity contribution in [2.24, 2.45) is 0 Å². The predicted octanol–water partition coefficient (Wildman–Crippen LogP) is 4.44. The van der Waals surface area contributed by atoms with E-state index in [-0.39, 0.29) is 5.56 Å². The van der Waals surface area contributed by atoms with Crippen LogP contribution in [0.25, 0.3) is 10.2 Å². The first kappa shape index (κ1) is 15.6. The molecule has 22 heavy (non-hydrogen) atoms. The van der Waals surface area contributed by atoms with Crippen LogP contribution in [0.2, 0.25) is 5.02 Å². The smallest absolute Gasteiger partial charge is 0.263 e. The van der Waals surface area contributed by atoms with Crippen LogP contribution in [0.15, 0.2) is 40.3 Å². The number of rotatable bonds is 4. The number of halogens is 1. The fourth-order valence-electron chi connectivity index (χ4n) is 2.33. The molecule has 0 atom stereocenters. The van der Waals surface area contributed by atoms with Gasteiger partial charge in [-0.25, -0.2) is 4.98 Å². The third-order valence-corrected chi connectivity index (χ3v) is 5.51. The highest BCUT2D eigenvalue weighted by Gasteiger charge is 2.13. The summed E-state index contributed by atoms with van der Waals surface area (Å²) in [6.07, 6.45) is 2.86. The van der Waals surface area contributed by atoms with E-state index in [4.69, 9.17) is 11.6 Å². The number of thiophene rings is 1. The highest BCUT2D eigenvalue weighted by molar-refractivity contribution is 7.98. The lowest BCUT2D eigenvalue weighted by Gasteiger charge is -2.10. The molecule has 0 radical (unpaired) electrons. The van der Waals surface area contributed by atoms with Crippen molar-refractivity contribution in [1.82, 2.24) is 9.55 Å². The van der Waals surface area contributed by atoms with Crippen molar-refractivity contribution < 1.29 is 0 Å². The molecule has 0 spiro atoms. The largest absolute Gasteiger partial charge is 0.283 e. The van der Waals surface area contributed by atoms with Crippen molar-refractivity contribution in [2.75, 3.05) is 6.26 Å². The lowest BCUT2D eigenvalue weighted by molar-refractivity contribution is 0.660. The molecule has 0 fully saturated rings. The van der Waals surface area contributed by atoms with Gasteiger partial charge in [-0.3, -0.25) is 9.36 Å². The molecule has 0 saturated carbocycles. The van der Waals surface area contributed by atoms with Crippen LogP contribution in [0.1, 0.15) is 17.4 Å². The summed E-state index contributed by atoms with van der Waals surface area (Å²) in [4.78, 5) is 19.5. The molecule has 1 aromatic carbocycles. The van der Waals surface area contributed by atoms with E-state index in [2.05, 4.69) is 11.9 Å². The second-order valence-corrected chi connectivity index (χ2v) is 7.23. The van der Waals surface area contributed by atoms with Gasteiger partial charge >= 0.3 is 0 Å². The Morgan fingerprint density at radius 2 is 2.18 bits per heavy atom. The number of aromatic nitrogens is 2. The Balaban J connectivity index is 2.15. The molecule has 3 nitrogen and oxygen atoms in total. The number of hydrogen-bond donors (Lipinski definition) is 0. The van der Waals surface area contributed by atoms with Gasteiger partial charge in [-0.2, -0.15) is 0 Å². The number of fused-ring (bicyclic) bond motifs is 1. The van der Waals surface area contributed by atoms with Crippen LogP contribution in [0.3, 0.4) is 0 Å². The summed E-state index contributed by atoms with van der Waals surface area (Å²) in [5, 5.41) is 2.12. The highest BCUT2D eigenvalue weighted by Crippen LogP contribution is 2.24. The van der Waals surface area contributed by atoms with Crippen molar-refractivity contribution >= 4 is 44.9 Å². The maximum Gasteiger partial charge on any atom is 0.263 e. The molecule has 0 N–H and O–H groups in total. The molecule has 0 bridgehead atoms. The van der Waals surface area contributed by atoms with Gasteiger partial charge in [0, 0.05) is 9.90 Å². The Hall–Kier alpha value is -1.30. The highest BCUT2D eigenvalue weighted by atomic mass is 35.5. The van der Waals surface area contributed by atoms with Crippen LogP contribution < -0.4 is 5.56 Å². The fourth-order valence-corrected chi connectivity index (χ4v) is 4.11. The van der Waals surface area contributed by atoms with Crippen LogP contribution in [0.5, 0.6) is 0 Å². The van der Waals surface area contributed by atoms with Crippen molar-refractivity contribution in [2.45, 2.75) is 25.0 Å². The van der Waals surface area contributed by atoms with Gasteiger partial charge in [-0.05, 0) is 36.4 Å². The van der Waals surface area contributed by atoms with Gasteiger partial charge in [0.1, 0.15) is 4.83 Å². The maximum absolute atomic E-state index is 12.8. The molecule has 114 valence electrons. The zero-order valence-corrected chi connectivity index (χ0v) is 14.7. The maximum atomic E-state index is 12.8. The molecule has 6 heteroatoms. The van der Waals surface area contributed by atoms with Crippen LogP contribution >= 0.6 is 34.7 Å². The van der Waals surface area contributed by atoms with Crippen LogP contribution in [0.4, 0.5) is 0 Å². The molecule has 3 aromatic rings. The van der Waals surface area contributed by atoms with Crippen molar-refractivity contribution in [3.05, 3.63) is 56.1 Å². The SMILES string of the molecule is CCc1cc2c(=O)n(Cc3cccc(Cl)c3)c(SC)nc2s1. The van der Waals surface area contributed by atoms with E-state index >= 15 is 0 Å². The minimum atomic E-state index is 0.0188. The standard InChI is InChI=1S/C16H15ClN2OS2/c1-3-12-8-13-14(22-12)18-16(21-2)19(15(13)20)9-10-5-4-6-11(17)7-10/h4-8H,3,9H2,1-2H3. The second kappa shape index (κ2) is 6.44. The van der Waals surface area contributed by atoms with Crippen LogP contribution in [-0.4, -0.2) is 15.8 Å². The van der Waals surface area contributed by atoms with Gasteiger partial charge in [0.05, 0.1) is 11.9 Å². The first-order valence-electron chi connectivity index (χ1n) is 6.94. The van der Waals surface area contributed by atoms with E-state index in [9.17, 15) is 4.79 Å². The molecule has 2 heterocycles. The van der Waals surface area contributed by atoms with Crippen molar-refractivity contribution in [1.29, 1.82) is 0 Å². The van der Waals surface area contributed by atoms with Gasteiger partial charge in [0.15, 0.2) is 5.16 Å². The zero-order valence-electron chi connectivity index (χ0n) is 12.3. The third kappa shape index (κ3) is 2.93. The fraction of sp³-hybridized carbons (Fsp3) is 0.250. The van der Waals surface area contributed by atoms with Crippen molar-refractivity contribution in [3.8, 4) is 0 Å². The molecule has 0 unspecified atom stereocenters. The molecule has 0 amide bonds. The molecular formula is C16H15ClN2OS2. The normalized spacial score (nSPS) is 11.2. The first-order valence-corrected chi connectivity index (χ1v) is 9.36. The molecule has 0 aliphatic heterocycles. The Labute approximate surface area is 142 Å². The summed E-state index contributed by atoms with van der Waals surface area (Å²) in [7, 11) is 0. The van der Waals surface area contributed by atoms with Gasteiger partial charge in [0.2, 0.25) is 0 Å². The minimum Gasteiger partial charge on any atom is -0.283 e. The number of nitrogens with zero attached hydrogens (tertiary/aromatic N) is 2. The van der Waals surface area contributed by atoms with Gasteiger partial charge in [0.25, 0.3) is 5.56 Å². The topological polar surface area (TPSA) is 34.9 Å². The van der Waals surface area contributed by atoms with E-state index in [1.165, 1.54) is 16.6 Å². The molecule has 0 aliphatic carbocycles. The van der Waals surface area contributed by atoms with E-state index in [0.29, 0.717) is 17.0 Å². The number of benzene rings is 1. The Morgan fingerprint density at radius 3 is 2.86 bits per heavy atom. The summed E-state index contributed by atoms with van der Waals surface area (Å²) in [6, 6.07) is 9.55. The van der Waals surface area contributed by atoms with E-state index < -0.39 is 0 Å². The van der Waals surface area contributed by atoms with Gasteiger partial charge < -0.3 is 0 Å². The Bertz CT molecular complexity index is 885. The molecule has 2 aromatic heterocycles. The number of aryl methyl sites for hydroxylation is 1. The molecular weight excluding hydrogens is 336 g/mol. The summed E-state index contributed by atoms with van der Waals surface area (Å²) in [6.45, 7) is 2.57. The first-order chi connectivity index (χ1) is 10.6. The van der Waals surface area contributed by atoms with Crippen LogP contribution in [-0.2, 0) is 13.0 Å². The molecule has 0 saturated heterocycles. The summed E-state index contributed by atoms with van der Waals surface area (Å²) in [5.74, 6) is 0. The van der Waals surface area contributed by atoms with Crippen LogP contribution in [0, 0.1) is 0 Å². The van der Waals surface area contributed by atoms with E-state index in [0.717, 1.165) is 22.0 Å². The summed E-state index contributed by atoms with van der Waals surface area (Å²) >= 11 is 9.12. The van der Waals surface area contributed by atoms with E-state index in [1.54, 1.807) is 15.9 Å².